The van der Waals surface area contributed by atoms with E-state index >= 15 is 0 Å². The zero-order valence-corrected chi connectivity index (χ0v) is 16.4. The molecule has 0 N–H and O–H groups in total. The van der Waals surface area contributed by atoms with Gasteiger partial charge in [-0.3, -0.25) is 19.9 Å². The number of nitro benzene ring substituents is 1. The number of rotatable bonds is 3. The third kappa shape index (κ3) is 3.26. The van der Waals surface area contributed by atoms with Gasteiger partial charge in [0.15, 0.2) is 11.6 Å². The first-order chi connectivity index (χ1) is 14.9. The quantitative estimate of drug-likeness (QED) is 0.470. The number of likely N-dealkylation sites (tertiary alicyclic amines) is 1. The van der Waals surface area contributed by atoms with Crippen LogP contribution in [0.5, 0.6) is 0 Å². The van der Waals surface area contributed by atoms with Gasteiger partial charge in [-0.05, 0) is 37.1 Å². The number of fused-ring (bicyclic) bond motifs is 3. The third-order valence-corrected chi connectivity index (χ3v) is 6.14. The van der Waals surface area contributed by atoms with E-state index in [4.69, 9.17) is 0 Å². The van der Waals surface area contributed by atoms with Crippen LogP contribution >= 0.6 is 0 Å². The number of piperazine rings is 1. The number of nitro groups is 1. The predicted octanol–water partition coefficient (Wildman–Crippen LogP) is 3.91. The number of nitrogens with zero attached hydrogens (tertiary/aromatic N) is 4. The van der Waals surface area contributed by atoms with E-state index in [0.717, 1.165) is 18.9 Å². The number of pyridine rings is 1. The number of hydrogen-bond acceptors (Lipinski definition) is 5. The molecule has 158 valence electrons. The average molecular weight is 424 g/mol. The van der Waals surface area contributed by atoms with Crippen molar-refractivity contribution in [3.05, 3.63) is 76.0 Å². The van der Waals surface area contributed by atoms with Crippen LogP contribution in [0.3, 0.4) is 0 Å². The van der Waals surface area contributed by atoms with Gasteiger partial charge in [0.2, 0.25) is 0 Å². The molecular weight excluding hydrogens is 406 g/mol. The number of anilines is 1. The Bertz CT molecular complexity index is 1200. The van der Waals surface area contributed by atoms with Crippen molar-refractivity contribution in [3.63, 3.8) is 0 Å². The lowest BCUT2D eigenvalue weighted by Crippen LogP contribution is -2.55. The van der Waals surface area contributed by atoms with Crippen molar-refractivity contribution in [2.75, 3.05) is 18.0 Å². The Morgan fingerprint density at radius 3 is 2.45 bits per heavy atom. The number of non-ortho nitro benzene ring substituents is 1. The van der Waals surface area contributed by atoms with Crippen molar-refractivity contribution in [3.8, 4) is 0 Å². The molecule has 7 nitrogen and oxygen atoms in total. The second kappa shape index (κ2) is 7.26. The number of aromatic nitrogens is 1. The molecule has 1 aromatic heterocycles. The molecule has 0 spiro atoms. The fourth-order valence-corrected chi connectivity index (χ4v) is 4.74. The molecule has 2 aliphatic heterocycles. The van der Waals surface area contributed by atoms with Crippen molar-refractivity contribution in [1.82, 2.24) is 9.88 Å². The van der Waals surface area contributed by atoms with E-state index in [2.05, 4.69) is 9.88 Å². The SMILES string of the molecule is O=C(c1ccnc2ccc([N+](=O)[O-])cc12)N1CC2CCC(C1)N2c1ccc(F)c(F)c1. The summed E-state index contributed by atoms with van der Waals surface area (Å²) >= 11 is 0. The van der Waals surface area contributed by atoms with Crippen LogP contribution in [0, 0.1) is 21.7 Å². The van der Waals surface area contributed by atoms with Crippen molar-refractivity contribution >= 4 is 28.2 Å². The molecule has 2 saturated heterocycles. The first-order valence-corrected chi connectivity index (χ1v) is 9.98. The average Bonchev–Trinajstić information content (AvgIpc) is 3.03. The summed E-state index contributed by atoms with van der Waals surface area (Å²) in [5, 5.41) is 11.6. The van der Waals surface area contributed by atoms with Gasteiger partial charge in [-0.1, -0.05) is 0 Å². The van der Waals surface area contributed by atoms with Gasteiger partial charge in [-0.25, -0.2) is 8.78 Å². The maximum Gasteiger partial charge on any atom is 0.270 e. The van der Waals surface area contributed by atoms with Gasteiger partial charge in [0, 0.05) is 60.6 Å². The summed E-state index contributed by atoms with van der Waals surface area (Å²) in [5.74, 6) is -1.99. The van der Waals surface area contributed by atoms with Crippen LogP contribution in [-0.4, -0.2) is 45.9 Å². The highest BCUT2D eigenvalue weighted by Crippen LogP contribution is 2.36. The summed E-state index contributed by atoms with van der Waals surface area (Å²) in [7, 11) is 0. The summed E-state index contributed by atoms with van der Waals surface area (Å²) in [6.07, 6.45) is 3.21. The minimum atomic E-state index is -0.889. The van der Waals surface area contributed by atoms with Crippen LogP contribution in [0.15, 0.2) is 48.7 Å². The zero-order chi connectivity index (χ0) is 21.7. The van der Waals surface area contributed by atoms with Crippen LogP contribution in [0.2, 0.25) is 0 Å². The van der Waals surface area contributed by atoms with Crippen LogP contribution in [0.4, 0.5) is 20.2 Å². The molecule has 2 atom stereocenters. The summed E-state index contributed by atoms with van der Waals surface area (Å²) in [6.45, 7) is 0.875. The minimum Gasteiger partial charge on any atom is -0.362 e. The molecule has 2 bridgehead atoms. The highest BCUT2D eigenvalue weighted by Gasteiger charge is 2.42. The van der Waals surface area contributed by atoms with Crippen molar-refractivity contribution in [2.24, 2.45) is 0 Å². The zero-order valence-electron chi connectivity index (χ0n) is 16.4. The Morgan fingerprint density at radius 2 is 1.77 bits per heavy atom. The van der Waals surface area contributed by atoms with Gasteiger partial charge in [0.1, 0.15) is 0 Å². The van der Waals surface area contributed by atoms with E-state index in [-0.39, 0.29) is 23.7 Å². The fourth-order valence-electron chi connectivity index (χ4n) is 4.74. The lowest BCUT2D eigenvalue weighted by Gasteiger charge is -2.42. The standard InChI is InChI=1S/C22H18F2N4O3/c23-19-5-3-13(10-20(19)24)27-15-1-2-16(27)12-26(11-15)22(29)17-7-8-25-21-6-4-14(28(30)31)9-18(17)21/h3-10,15-16H,1-2,11-12H2. The van der Waals surface area contributed by atoms with E-state index < -0.39 is 16.6 Å². The van der Waals surface area contributed by atoms with Crippen molar-refractivity contribution < 1.29 is 18.5 Å². The molecule has 2 fully saturated rings. The van der Waals surface area contributed by atoms with Crippen LogP contribution in [0.1, 0.15) is 23.2 Å². The highest BCUT2D eigenvalue weighted by atomic mass is 19.2. The molecule has 0 radical (unpaired) electrons. The maximum absolute atomic E-state index is 13.8. The summed E-state index contributed by atoms with van der Waals surface area (Å²) in [4.78, 5) is 32.1. The van der Waals surface area contributed by atoms with Crippen LogP contribution < -0.4 is 4.90 Å². The van der Waals surface area contributed by atoms with E-state index in [1.807, 2.05) is 0 Å². The molecule has 1 amide bonds. The van der Waals surface area contributed by atoms with Gasteiger partial charge < -0.3 is 9.80 Å². The molecule has 31 heavy (non-hydrogen) atoms. The van der Waals surface area contributed by atoms with Crippen LogP contribution in [0.25, 0.3) is 10.9 Å². The summed E-state index contributed by atoms with van der Waals surface area (Å²) in [5.41, 5.74) is 1.40. The van der Waals surface area contributed by atoms with E-state index in [1.165, 1.54) is 30.5 Å². The maximum atomic E-state index is 13.8. The molecule has 0 aliphatic carbocycles. The Morgan fingerprint density at radius 1 is 1.03 bits per heavy atom. The number of carbonyl (C=O) groups is 1. The largest absolute Gasteiger partial charge is 0.362 e. The molecule has 2 aliphatic rings. The molecule has 2 aromatic carbocycles. The van der Waals surface area contributed by atoms with Crippen LogP contribution in [-0.2, 0) is 0 Å². The highest BCUT2D eigenvalue weighted by molar-refractivity contribution is 6.06. The Hall–Kier alpha value is -3.62. The number of benzene rings is 2. The molecule has 9 heteroatoms. The minimum absolute atomic E-state index is 0.00463. The van der Waals surface area contributed by atoms with Gasteiger partial charge >= 0.3 is 0 Å². The molecule has 2 unspecified atom stereocenters. The van der Waals surface area contributed by atoms with Gasteiger partial charge in [0.05, 0.1) is 16.0 Å². The topological polar surface area (TPSA) is 79.6 Å². The van der Waals surface area contributed by atoms with Gasteiger partial charge in [-0.15, -0.1) is 0 Å². The first kappa shape index (κ1) is 19.3. The summed E-state index contributed by atoms with van der Waals surface area (Å²) in [6, 6.07) is 9.74. The lowest BCUT2D eigenvalue weighted by molar-refractivity contribution is -0.384. The van der Waals surface area contributed by atoms with Gasteiger partial charge in [0.25, 0.3) is 11.6 Å². The van der Waals surface area contributed by atoms with E-state index in [1.54, 1.807) is 17.0 Å². The fraction of sp³-hybridized carbons (Fsp3) is 0.273. The monoisotopic (exact) mass is 424 g/mol. The second-order valence-electron chi connectivity index (χ2n) is 7.92. The molecular formula is C22H18F2N4O3. The Kier molecular flexibility index (Phi) is 4.53. The molecule has 3 aromatic rings. The number of carbonyl (C=O) groups excluding carboxylic acids is 1. The smallest absolute Gasteiger partial charge is 0.270 e. The summed E-state index contributed by atoms with van der Waals surface area (Å²) < 4.78 is 27.1. The second-order valence-corrected chi connectivity index (χ2v) is 7.92. The lowest BCUT2D eigenvalue weighted by atomic mass is 10.1. The third-order valence-electron chi connectivity index (χ3n) is 6.14. The molecule has 0 saturated carbocycles. The predicted molar refractivity (Wildman–Crippen MR) is 110 cm³/mol. The van der Waals surface area contributed by atoms with E-state index in [9.17, 15) is 23.7 Å². The number of amides is 1. The van der Waals surface area contributed by atoms with Crippen molar-refractivity contribution in [1.29, 1.82) is 0 Å². The van der Waals surface area contributed by atoms with Crippen molar-refractivity contribution in [2.45, 2.75) is 24.9 Å². The Labute approximate surface area is 176 Å². The normalized spacial score (nSPS) is 20.3. The number of hydrogen-bond donors (Lipinski definition) is 0. The van der Waals surface area contributed by atoms with Gasteiger partial charge in [-0.2, -0.15) is 0 Å². The Balaban J connectivity index is 1.44. The molecule has 3 heterocycles. The van der Waals surface area contributed by atoms with E-state index in [0.29, 0.717) is 35.2 Å². The first-order valence-electron chi connectivity index (χ1n) is 9.98. The molecule has 5 rings (SSSR count). The number of halogens is 2.